The summed E-state index contributed by atoms with van der Waals surface area (Å²) in [5, 5.41) is 2.04. The minimum Gasteiger partial charge on any atom is -0.493 e. The van der Waals surface area contributed by atoms with Gasteiger partial charge in [-0.05, 0) is 41.8 Å². The molecule has 2 aromatic rings. The van der Waals surface area contributed by atoms with Crippen molar-refractivity contribution < 1.29 is 32.2 Å². The Morgan fingerprint density at radius 3 is 2.21 bits per heavy atom. The van der Waals surface area contributed by atoms with Crippen molar-refractivity contribution in [3.8, 4) is 11.5 Å². The highest BCUT2D eigenvalue weighted by Crippen LogP contribution is 2.23. The molecule has 0 heterocycles. The van der Waals surface area contributed by atoms with E-state index in [1.165, 1.54) is 19.2 Å². The van der Waals surface area contributed by atoms with Crippen LogP contribution in [0, 0.1) is 0 Å². The van der Waals surface area contributed by atoms with Crippen LogP contribution in [0.5, 0.6) is 11.5 Å². The van der Waals surface area contributed by atoms with Crippen LogP contribution in [0.25, 0.3) is 0 Å². The predicted molar refractivity (Wildman–Crippen MR) is 105 cm³/mol. The molecule has 0 bridgehead atoms. The Morgan fingerprint density at radius 2 is 1.66 bits per heavy atom. The van der Waals surface area contributed by atoms with Gasteiger partial charge in [0, 0.05) is 13.5 Å². The summed E-state index contributed by atoms with van der Waals surface area (Å²) in [6.07, 6.45) is -3.78. The number of alkyl halides is 3. The van der Waals surface area contributed by atoms with Gasteiger partial charge in [0.1, 0.15) is 11.5 Å². The predicted octanol–water partition coefficient (Wildman–Crippen LogP) is 3.79. The molecule has 156 valence electrons. The molecule has 1 atom stereocenters. The molecule has 0 spiro atoms. The van der Waals surface area contributed by atoms with Gasteiger partial charge >= 0.3 is 6.36 Å². The first kappa shape index (κ1) is 22.6. The minimum absolute atomic E-state index is 0.214. The molecule has 0 aliphatic carbocycles. The van der Waals surface area contributed by atoms with E-state index in [0.717, 1.165) is 22.9 Å². The summed E-state index contributed by atoms with van der Waals surface area (Å²) in [7, 11) is 1.52. The molecular formula is C20H20F3NO4S. The second-order valence-corrected chi connectivity index (χ2v) is 7.01. The van der Waals surface area contributed by atoms with Crippen molar-refractivity contribution in [1.82, 2.24) is 5.32 Å². The van der Waals surface area contributed by atoms with Crippen LogP contribution >= 0.6 is 11.8 Å². The van der Waals surface area contributed by atoms with E-state index in [1.807, 2.05) is 12.1 Å². The lowest BCUT2D eigenvalue weighted by Gasteiger charge is -2.13. The molecule has 1 N–H and O–H groups in total. The largest absolute Gasteiger partial charge is 0.573 e. The van der Waals surface area contributed by atoms with Crippen molar-refractivity contribution in [2.45, 2.75) is 24.5 Å². The zero-order chi connectivity index (χ0) is 21.3. The lowest BCUT2D eigenvalue weighted by Crippen LogP contribution is -2.31. The van der Waals surface area contributed by atoms with E-state index in [4.69, 9.17) is 4.74 Å². The summed E-state index contributed by atoms with van der Waals surface area (Å²) < 4.78 is 45.9. The first-order valence-corrected chi connectivity index (χ1v) is 9.62. The molecule has 9 heteroatoms. The number of hydrogen-bond acceptors (Lipinski definition) is 5. The maximum atomic E-state index is 12.1. The Bertz CT molecular complexity index is 795. The summed E-state index contributed by atoms with van der Waals surface area (Å²) in [5.74, 6) is 0.153. The molecule has 0 aliphatic rings. The van der Waals surface area contributed by atoms with Crippen LogP contribution in [0.3, 0.4) is 0 Å². The molecule has 1 amide bonds. The van der Waals surface area contributed by atoms with Crippen molar-refractivity contribution in [3.63, 3.8) is 0 Å². The van der Waals surface area contributed by atoms with Crippen molar-refractivity contribution in [1.29, 1.82) is 0 Å². The van der Waals surface area contributed by atoms with Gasteiger partial charge in [-0.3, -0.25) is 9.59 Å². The molecule has 0 aliphatic heterocycles. The van der Waals surface area contributed by atoms with Crippen molar-refractivity contribution >= 4 is 23.3 Å². The third-order valence-electron chi connectivity index (χ3n) is 3.92. The number of halogens is 3. The number of carbonyl (C=O) groups is 2. The van der Waals surface area contributed by atoms with E-state index in [2.05, 4.69) is 10.1 Å². The molecule has 0 radical (unpaired) electrons. The molecule has 2 aromatic carbocycles. The molecule has 2 rings (SSSR count). The monoisotopic (exact) mass is 427 g/mol. The van der Waals surface area contributed by atoms with E-state index < -0.39 is 11.6 Å². The standard InChI is InChI=1S/C20H20F3NO4S/c1-24-19(26)18(29-13-25)12-15-4-6-16(7-5-15)27-11-10-14-2-8-17(9-3-14)28-20(21,22)23/h2-9,13,18H,10-12H2,1H3,(H,24,26). The third kappa shape index (κ3) is 8.06. The van der Waals surface area contributed by atoms with Crippen LogP contribution in [0.1, 0.15) is 11.1 Å². The van der Waals surface area contributed by atoms with Gasteiger partial charge in [-0.2, -0.15) is 0 Å². The maximum absolute atomic E-state index is 12.1. The fourth-order valence-electron chi connectivity index (χ4n) is 2.51. The first-order chi connectivity index (χ1) is 13.8. The Hall–Kier alpha value is -2.68. The molecular weight excluding hydrogens is 407 g/mol. The van der Waals surface area contributed by atoms with Crippen LogP contribution < -0.4 is 14.8 Å². The van der Waals surface area contributed by atoms with Gasteiger partial charge in [-0.1, -0.05) is 36.0 Å². The fourth-order valence-corrected chi connectivity index (χ4v) is 3.18. The second kappa shape index (κ2) is 10.8. The molecule has 0 aromatic heterocycles. The number of benzene rings is 2. The van der Waals surface area contributed by atoms with E-state index in [0.29, 0.717) is 30.8 Å². The molecule has 5 nitrogen and oxygen atoms in total. The number of ether oxygens (including phenoxy) is 2. The number of rotatable bonds is 10. The van der Waals surface area contributed by atoms with Gasteiger partial charge in [0.05, 0.1) is 11.9 Å². The van der Waals surface area contributed by atoms with Gasteiger partial charge in [0.25, 0.3) is 0 Å². The van der Waals surface area contributed by atoms with Gasteiger partial charge in [0.15, 0.2) is 5.62 Å². The maximum Gasteiger partial charge on any atom is 0.573 e. The van der Waals surface area contributed by atoms with Crippen molar-refractivity contribution in [3.05, 3.63) is 59.7 Å². The average molecular weight is 427 g/mol. The van der Waals surface area contributed by atoms with Gasteiger partial charge < -0.3 is 14.8 Å². The average Bonchev–Trinajstić information content (AvgIpc) is 2.68. The fraction of sp³-hybridized carbons (Fsp3) is 0.300. The van der Waals surface area contributed by atoms with E-state index in [9.17, 15) is 22.8 Å². The number of hydrogen-bond donors (Lipinski definition) is 1. The number of carbonyl (C=O) groups excluding carboxylic acids is 2. The molecule has 29 heavy (non-hydrogen) atoms. The molecule has 0 fully saturated rings. The Labute approximate surface area is 170 Å². The SMILES string of the molecule is CNC(=O)C(Cc1ccc(OCCc2ccc(OC(F)(F)F)cc2)cc1)SC=O. The topological polar surface area (TPSA) is 64.6 Å². The minimum atomic E-state index is -4.71. The summed E-state index contributed by atoms with van der Waals surface area (Å²) in [6, 6.07) is 12.8. The summed E-state index contributed by atoms with van der Waals surface area (Å²) >= 11 is 0.928. The number of nitrogens with one attached hydrogen (secondary N) is 1. The Morgan fingerprint density at radius 1 is 1.07 bits per heavy atom. The van der Waals surface area contributed by atoms with Crippen LogP contribution in [-0.4, -0.2) is 36.8 Å². The lowest BCUT2D eigenvalue weighted by atomic mass is 10.1. The second-order valence-electron chi connectivity index (χ2n) is 5.97. The summed E-state index contributed by atoms with van der Waals surface area (Å²) in [5.41, 5.74) is 2.36. The summed E-state index contributed by atoms with van der Waals surface area (Å²) in [6.45, 7) is 0.348. The Balaban J connectivity index is 1.82. The molecule has 0 saturated carbocycles. The smallest absolute Gasteiger partial charge is 0.493 e. The highest BCUT2D eigenvalue weighted by Gasteiger charge is 2.30. The molecule has 1 unspecified atom stereocenters. The third-order valence-corrected chi connectivity index (χ3v) is 4.74. The van der Waals surface area contributed by atoms with Crippen LogP contribution in [0.2, 0.25) is 0 Å². The van der Waals surface area contributed by atoms with Crippen molar-refractivity contribution in [2.24, 2.45) is 0 Å². The van der Waals surface area contributed by atoms with Gasteiger partial charge in [-0.15, -0.1) is 13.2 Å². The normalized spacial score (nSPS) is 12.1. The molecule has 0 saturated heterocycles. The van der Waals surface area contributed by atoms with Gasteiger partial charge in [-0.25, -0.2) is 0 Å². The Kier molecular flexibility index (Phi) is 8.38. The highest BCUT2D eigenvalue weighted by molar-refractivity contribution is 8.13. The zero-order valence-corrected chi connectivity index (χ0v) is 16.4. The van der Waals surface area contributed by atoms with E-state index in [1.54, 1.807) is 24.3 Å². The van der Waals surface area contributed by atoms with Gasteiger partial charge in [0.2, 0.25) is 5.91 Å². The quantitative estimate of drug-likeness (QED) is 0.585. The summed E-state index contributed by atoms with van der Waals surface area (Å²) in [4.78, 5) is 22.5. The van der Waals surface area contributed by atoms with Crippen LogP contribution in [0.4, 0.5) is 13.2 Å². The number of thioether (sulfide) groups is 1. The van der Waals surface area contributed by atoms with Crippen LogP contribution in [0.15, 0.2) is 48.5 Å². The number of amides is 1. The van der Waals surface area contributed by atoms with Crippen LogP contribution in [-0.2, 0) is 22.4 Å². The first-order valence-electron chi connectivity index (χ1n) is 8.68. The van der Waals surface area contributed by atoms with Crippen molar-refractivity contribution in [2.75, 3.05) is 13.7 Å². The van der Waals surface area contributed by atoms with E-state index >= 15 is 0 Å². The van der Waals surface area contributed by atoms with E-state index in [-0.39, 0.29) is 11.7 Å². The highest BCUT2D eigenvalue weighted by atomic mass is 32.2. The zero-order valence-electron chi connectivity index (χ0n) is 15.6. The lowest BCUT2D eigenvalue weighted by molar-refractivity contribution is -0.274.